The molecule has 0 aromatic heterocycles. The van der Waals surface area contributed by atoms with Gasteiger partial charge in [-0.2, -0.15) is 0 Å². The Balaban J connectivity index is 2.84. The number of amides is 1. The Morgan fingerprint density at radius 3 is 2.18 bits per heavy atom. The smallest absolute Gasteiger partial charge is 0.227 e. The minimum absolute atomic E-state index is 0.0519. The molecule has 0 heterocycles. The molecule has 0 spiro atoms. The average molecular weight is 234 g/mol. The summed E-state index contributed by atoms with van der Waals surface area (Å²) in [6, 6.07) is 8.10. The zero-order chi connectivity index (χ0) is 13.1. The zero-order valence-corrected chi connectivity index (χ0v) is 11.2. The molecule has 1 aromatic carbocycles. The van der Waals surface area contributed by atoms with Crippen molar-refractivity contribution in [3.63, 3.8) is 0 Å². The van der Waals surface area contributed by atoms with Gasteiger partial charge in [0, 0.05) is 25.7 Å². The highest BCUT2D eigenvalue weighted by atomic mass is 16.2. The monoisotopic (exact) mass is 234 g/mol. The van der Waals surface area contributed by atoms with Crippen molar-refractivity contribution in [1.29, 1.82) is 0 Å². The van der Waals surface area contributed by atoms with Crippen molar-refractivity contribution in [2.45, 2.75) is 32.6 Å². The van der Waals surface area contributed by atoms with Gasteiger partial charge in [0.25, 0.3) is 0 Å². The fourth-order valence-corrected chi connectivity index (χ4v) is 1.62. The minimum Gasteiger partial charge on any atom is -0.330 e. The summed E-state index contributed by atoms with van der Waals surface area (Å²) in [5.74, 6) is 0.0519. The van der Waals surface area contributed by atoms with Crippen LogP contribution in [0.15, 0.2) is 24.3 Å². The second-order valence-electron chi connectivity index (χ2n) is 5.29. The van der Waals surface area contributed by atoms with Gasteiger partial charge >= 0.3 is 0 Å². The van der Waals surface area contributed by atoms with Crippen LogP contribution in [0.2, 0.25) is 0 Å². The van der Waals surface area contributed by atoms with Gasteiger partial charge < -0.3 is 10.6 Å². The summed E-state index contributed by atoms with van der Waals surface area (Å²) in [5, 5.41) is 0. The third-order valence-corrected chi connectivity index (χ3v) is 2.85. The van der Waals surface area contributed by atoms with E-state index >= 15 is 0 Å². The first-order valence-electron chi connectivity index (χ1n) is 5.93. The third kappa shape index (κ3) is 3.56. The molecule has 2 N–H and O–H groups in total. The highest BCUT2D eigenvalue weighted by Gasteiger charge is 2.14. The van der Waals surface area contributed by atoms with E-state index in [2.05, 4.69) is 32.9 Å². The van der Waals surface area contributed by atoms with E-state index in [0.29, 0.717) is 13.0 Å². The molecule has 0 aliphatic rings. The summed E-state index contributed by atoms with van der Waals surface area (Å²) in [4.78, 5) is 13.3. The predicted molar refractivity (Wildman–Crippen MR) is 72.2 cm³/mol. The highest BCUT2D eigenvalue weighted by molar-refractivity contribution is 5.92. The van der Waals surface area contributed by atoms with Crippen molar-refractivity contribution in [3.8, 4) is 0 Å². The van der Waals surface area contributed by atoms with Crippen molar-refractivity contribution >= 4 is 11.6 Å². The van der Waals surface area contributed by atoms with E-state index in [-0.39, 0.29) is 11.3 Å². The first-order valence-corrected chi connectivity index (χ1v) is 5.93. The van der Waals surface area contributed by atoms with Gasteiger partial charge in [-0.25, -0.2) is 0 Å². The third-order valence-electron chi connectivity index (χ3n) is 2.85. The fourth-order valence-electron chi connectivity index (χ4n) is 1.62. The van der Waals surface area contributed by atoms with E-state index in [1.54, 1.807) is 11.9 Å². The molecule has 0 atom stereocenters. The number of nitrogens with two attached hydrogens (primary N) is 1. The molecule has 0 aliphatic carbocycles. The quantitative estimate of drug-likeness (QED) is 0.872. The lowest BCUT2D eigenvalue weighted by molar-refractivity contribution is -0.118. The van der Waals surface area contributed by atoms with Gasteiger partial charge in [-0.1, -0.05) is 32.9 Å². The van der Waals surface area contributed by atoms with Crippen LogP contribution in [0.25, 0.3) is 0 Å². The molecule has 0 aliphatic heterocycles. The number of rotatable bonds is 3. The Labute approximate surface area is 104 Å². The number of carbonyl (C=O) groups excluding carboxylic acids is 1. The van der Waals surface area contributed by atoms with E-state index in [0.717, 1.165) is 5.69 Å². The molecular formula is C14H22N2O. The molecular weight excluding hydrogens is 212 g/mol. The van der Waals surface area contributed by atoms with E-state index in [1.165, 1.54) is 5.56 Å². The lowest BCUT2D eigenvalue weighted by Gasteiger charge is -2.21. The van der Waals surface area contributed by atoms with Gasteiger partial charge in [0.2, 0.25) is 5.91 Å². The minimum atomic E-state index is 0.0519. The maximum Gasteiger partial charge on any atom is 0.227 e. The Morgan fingerprint density at radius 1 is 1.24 bits per heavy atom. The van der Waals surface area contributed by atoms with Crippen LogP contribution in [0, 0.1) is 0 Å². The van der Waals surface area contributed by atoms with Gasteiger partial charge in [-0.3, -0.25) is 4.79 Å². The second kappa shape index (κ2) is 5.32. The normalized spacial score (nSPS) is 11.4. The van der Waals surface area contributed by atoms with Gasteiger partial charge in [0.15, 0.2) is 0 Å². The Kier molecular flexibility index (Phi) is 4.29. The van der Waals surface area contributed by atoms with Crippen molar-refractivity contribution in [2.24, 2.45) is 5.73 Å². The van der Waals surface area contributed by atoms with Crippen LogP contribution in [-0.4, -0.2) is 19.5 Å². The zero-order valence-electron chi connectivity index (χ0n) is 11.2. The fraction of sp³-hybridized carbons (Fsp3) is 0.500. The molecule has 94 valence electrons. The standard InChI is InChI=1S/C14H22N2O/c1-14(2,3)11-5-7-12(8-6-11)16(4)13(17)9-10-15/h5-8H,9-10,15H2,1-4H3. The lowest BCUT2D eigenvalue weighted by Crippen LogP contribution is -2.28. The van der Waals surface area contributed by atoms with Crippen molar-refractivity contribution < 1.29 is 4.79 Å². The Hall–Kier alpha value is -1.35. The number of benzene rings is 1. The van der Waals surface area contributed by atoms with Crippen molar-refractivity contribution in [3.05, 3.63) is 29.8 Å². The van der Waals surface area contributed by atoms with Crippen LogP contribution in [0.4, 0.5) is 5.69 Å². The van der Waals surface area contributed by atoms with E-state index < -0.39 is 0 Å². The average Bonchev–Trinajstić information content (AvgIpc) is 2.27. The highest BCUT2D eigenvalue weighted by Crippen LogP contribution is 2.24. The summed E-state index contributed by atoms with van der Waals surface area (Å²) in [5.41, 5.74) is 7.69. The SMILES string of the molecule is CN(C(=O)CCN)c1ccc(C(C)(C)C)cc1. The molecule has 0 bridgehead atoms. The van der Waals surface area contributed by atoms with E-state index in [1.807, 2.05) is 12.1 Å². The second-order valence-corrected chi connectivity index (χ2v) is 5.29. The summed E-state index contributed by atoms with van der Waals surface area (Å²) in [6.07, 6.45) is 0.386. The molecule has 0 saturated carbocycles. The summed E-state index contributed by atoms with van der Waals surface area (Å²) < 4.78 is 0. The predicted octanol–water partition coefficient (Wildman–Crippen LogP) is 2.30. The molecule has 17 heavy (non-hydrogen) atoms. The van der Waals surface area contributed by atoms with Crippen LogP contribution < -0.4 is 10.6 Å². The molecule has 0 unspecified atom stereocenters. The molecule has 3 heteroatoms. The van der Waals surface area contributed by atoms with E-state index in [9.17, 15) is 4.79 Å². The summed E-state index contributed by atoms with van der Waals surface area (Å²) in [6.45, 7) is 6.91. The van der Waals surface area contributed by atoms with Crippen LogP contribution in [-0.2, 0) is 10.2 Å². The first-order chi connectivity index (χ1) is 7.86. The Morgan fingerprint density at radius 2 is 1.76 bits per heavy atom. The molecule has 1 aromatic rings. The maximum absolute atomic E-state index is 11.7. The van der Waals surface area contributed by atoms with E-state index in [4.69, 9.17) is 5.73 Å². The van der Waals surface area contributed by atoms with Crippen LogP contribution in [0.3, 0.4) is 0 Å². The van der Waals surface area contributed by atoms with Crippen molar-refractivity contribution in [1.82, 2.24) is 0 Å². The number of hydrogen-bond donors (Lipinski definition) is 1. The molecule has 0 fully saturated rings. The number of anilines is 1. The van der Waals surface area contributed by atoms with Gasteiger partial charge in [-0.15, -0.1) is 0 Å². The number of hydrogen-bond acceptors (Lipinski definition) is 2. The molecule has 1 amide bonds. The number of carbonyl (C=O) groups is 1. The summed E-state index contributed by atoms with van der Waals surface area (Å²) in [7, 11) is 1.78. The first kappa shape index (κ1) is 13.7. The summed E-state index contributed by atoms with van der Waals surface area (Å²) >= 11 is 0. The van der Waals surface area contributed by atoms with Crippen LogP contribution in [0.1, 0.15) is 32.8 Å². The Bertz CT molecular complexity index is 376. The largest absolute Gasteiger partial charge is 0.330 e. The van der Waals surface area contributed by atoms with Gasteiger partial charge in [0.1, 0.15) is 0 Å². The van der Waals surface area contributed by atoms with Crippen molar-refractivity contribution in [2.75, 3.05) is 18.5 Å². The lowest BCUT2D eigenvalue weighted by atomic mass is 9.87. The van der Waals surface area contributed by atoms with Gasteiger partial charge in [-0.05, 0) is 23.1 Å². The molecule has 1 rings (SSSR count). The molecule has 0 radical (unpaired) electrons. The van der Waals surface area contributed by atoms with Gasteiger partial charge in [0.05, 0.1) is 0 Å². The van der Waals surface area contributed by atoms with Crippen LogP contribution >= 0.6 is 0 Å². The number of nitrogens with zero attached hydrogens (tertiary/aromatic N) is 1. The maximum atomic E-state index is 11.7. The molecule has 0 saturated heterocycles. The topological polar surface area (TPSA) is 46.3 Å². The molecule has 3 nitrogen and oxygen atoms in total. The van der Waals surface area contributed by atoms with Crippen LogP contribution in [0.5, 0.6) is 0 Å².